The van der Waals surface area contributed by atoms with Gasteiger partial charge in [-0.3, -0.25) is 63.4 Å². The Morgan fingerprint density at radius 2 is 0.880 bits per heavy atom. The number of alkyl halides is 6. The number of benzene rings is 7. The Labute approximate surface area is 719 Å². The van der Waals surface area contributed by atoms with Crippen molar-refractivity contribution in [3.63, 3.8) is 0 Å². The highest BCUT2D eigenvalue weighted by Crippen LogP contribution is 2.37. The van der Waals surface area contributed by atoms with Crippen molar-refractivity contribution in [2.24, 2.45) is 0 Å². The van der Waals surface area contributed by atoms with Crippen LogP contribution in [-0.4, -0.2) is 224 Å². The second-order valence-electron chi connectivity index (χ2n) is 31.0. The molecule has 4 aliphatic rings. The van der Waals surface area contributed by atoms with Gasteiger partial charge < -0.3 is 60.1 Å². The molecule has 27 nitrogen and oxygen atoms in total. The lowest BCUT2D eigenvalue weighted by Crippen LogP contribution is -2.51. The number of carbonyl (C=O) groups excluding carboxylic acids is 8. The lowest BCUT2D eigenvalue weighted by atomic mass is 10.0. The molecule has 0 unspecified atom stereocenters. The van der Waals surface area contributed by atoms with E-state index in [1.165, 1.54) is 79.1 Å². The first kappa shape index (κ1) is 91.1. The van der Waals surface area contributed by atoms with Gasteiger partial charge in [0, 0.05) is 232 Å². The van der Waals surface area contributed by atoms with Gasteiger partial charge in [-0.25, -0.2) is 4.79 Å². The van der Waals surface area contributed by atoms with Crippen LogP contribution < -0.4 is 35.8 Å². The summed E-state index contributed by atoms with van der Waals surface area (Å²) in [5.41, 5.74) is 5.17. The summed E-state index contributed by atoms with van der Waals surface area (Å²) < 4.78 is 90.0. The number of piperidine rings is 2. The third-order valence-corrected chi connectivity index (χ3v) is 22.2. The van der Waals surface area contributed by atoms with Crippen LogP contribution in [0.5, 0.6) is 5.75 Å². The number of amides is 8. The molecule has 4 N–H and O–H groups in total. The number of likely N-dealkylation sites (N-methyl/N-ethyl adjacent to an activating group) is 2. The van der Waals surface area contributed by atoms with E-state index in [0.717, 1.165) is 113 Å². The van der Waals surface area contributed by atoms with E-state index >= 15 is 0 Å². The number of pyridine rings is 2. The van der Waals surface area contributed by atoms with Crippen molar-refractivity contribution in [3.8, 4) is 28.3 Å². The number of hydrogen-bond donors (Lipinski definition) is 4. The smallest absolute Gasteiger partial charge is 0.410 e. The number of ether oxygens (including phenoxy) is 2. The summed E-state index contributed by atoms with van der Waals surface area (Å²) in [5, 5.41) is 22.3. The average molecular weight is 1720 g/mol. The molecule has 8 amide bonds. The van der Waals surface area contributed by atoms with Crippen molar-refractivity contribution in [2.75, 3.05) is 153 Å². The molecule has 2 aromatic heterocycles. The molecule has 6 heterocycles. The quantitative estimate of drug-likeness (QED) is 0.0153. The van der Waals surface area contributed by atoms with Gasteiger partial charge in [-0.05, 0) is 190 Å². The molecule has 4 fully saturated rings. The molecule has 0 radical (unpaired) electrons. The Morgan fingerprint density at radius 1 is 0.464 bits per heavy atom. The minimum absolute atomic E-state index is 0.107. The number of rotatable bonds is 28. The molecule has 0 aliphatic carbocycles. The van der Waals surface area contributed by atoms with E-state index in [1.54, 1.807) is 103 Å². The second kappa shape index (κ2) is 42.8. The zero-order valence-electron chi connectivity index (χ0n) is 69.7. The molecule has 13 rings (SSSR count). The Morgan fingerprint density at radius 3 is 1.30 bits per heavy atom. The number of nitrogens with one attached hydrogen (secondary N) is 4. The maximum atomic E-state index is 13.9. The Balaban J connectivity index is 0.000000228. The fourth-order valence-corrected chi connectivity index (χ4v) is 15.0. The SMILES string of the molecule is CN(CCN1CCN(C(=O)Oc2ccc([N+](=O)[O-])cc2)CC1)C(=O)c1cccc(C(=O)Nc2ccc(N3CCCCC3)cc2-c2cc(C(=O)NCc3cccc(C(F)(F)F)c3)ccn2)c1.COCCCC(=O)N1CCN(CCN(C)C(=O)c2cccc(C(=O)Nc3ccc(N4CCCCC4)cc3-c3cc(C(=O)NCc4cccc(C(F)(F)F)c4)ccn3)c2)CC1. The number of halogens is 6. The summed E-state index contributed by atoms with van der Waals surface area (Å²) in [6, 6.07) is 45.3. The number of nitro groups is 1. The van der Waals surface area contributed by atoms with E-state index < -0.39 is 58.1 Å². The van der Waals surface area contributed by atoms with Crippen LogP contribution in [0.4, 0.5) is 59.6 Å². The van der Waals surface area contributed by atoms with Gasteiger partial charge in [0.25, 0.3) is 41.1 Å². The highest BCUT2D eigenvalue weighted by atomic mass is 19.4. The molecular formula is C92H99F6N15O12. The lowest BCUT2D eigenvalue weighted by molar-refractivity contribution is -0.384. The van der Waals surface area contributed by atoms with Crippen LogP contribution in [0, 0.1) is 10.1 Å². The predicted molar refractivity (Wildman–Crippen MR) is 461 cm³/mol. The second-order valence-corrected chi connectivity index (χ2v) is 31.0. The zero-order chi connectivity index (χ0) is 88.7. The van der Waals surface area contributed by atoms with Crippen molar-refractivity contribution in [3.05, 3.63) is 260 Å². The third kappa shape index (κ3) is 25.3. The van der Waals surface area contributed by atoms with Crippen LogP contribution in [0.15, 0.2) is 194 Å². The highest BCUT2D eigenvalue weighted by molar-refractivity contribution is 6.09. The maximum absolute atomic E-state index is 13.9. The van der Waals surface area contributed by atoms with Crippen LogP contribution in [0.1, 0.15) is 136 Å². The van der Waals surface area contributed by atoms with Gasteiger partial charge in [0.05, 0.1) is 38.8 Å². The van der Waals surface area contributed by atoms with E-state index in [0.29, 0.717) is 135 Å². The molecule has 4 aliphatic heterocycles. The van der Waals surface area contributed by atoms with Gasteiger partial charge in [0.15, 0.2) is 0 Å². The number of non-ortho nitro benzene ring substituents is 1. The minimum atomic E-state index is -4.51. The number of nitro benzene ring substituents is 1. The topological polar surface area (TPSA) is 298 Å². The molecular weight excluding hydrogens is 1620 g/mol. The predicted octanol–water partition coefficient (Wildman–Crippen LogP) is 14.3. The van der Waals surface area contributed by atoms with Gasteiger partial charge in [0.1, 0.15) is 5.75 Å². The highest BCUT2D eigenvalue weighted by Gasteiger charge is 2.33. The molecule has 9 aromatic rings. The number of carbonyl (C=O) groups is 8. The zero-order valence-corrected chi connectivity index (χ0v) is 69.7. The van der Waals surface area contributed by atoms with E-state index in [-0.39, 0.29) is 70.1 Å². The molecule has 656 valence electrons. The average Bonchev–Trinajstić information content (AvgIpc) is 0.798. The largest absolute Gasteiger partial charge is 0.416 e. The molecule has 0 bridgehead atoms. The summed E-state index contributed by atoms with van der Waals surface area (Å²) in [7, 11) is 5.03. The van der Waals surface area contributed by atoms with Crippen molar-refractivity contribution < 1.29 is 79.1 Å². The fourth-order valence-electron chi connectivity index (χ4n) is 15.0. The molecule has 0 atom stereocenters. The molecule has 0 spiro atoms. The molecule has 33 heteroatoms. The standard InChI is InChI=1S/C47H47F3N8O7.C45H52F3N7O5/c1-54(21-22-55-23-25-57(26-24-55)46(62)65-39-14-11-37(12-15-39)58(63)64)45(61)35-9-6-8-33(28-35)44(60)53-41-16-13-38(56-19-3-2-4-20-56)30-40(41)42-29-34(17-18-51-42)43(59)52-31-32-7-5-10-36(27-32)47(48,49)50;1-52(20-21-53-22-24-55(25-23-53)41(56)13-8-26-60-2)44(59)35-11-7-10-33(28-35)43(58)51-39-15-14-37(54-18-4-3-5-19-54)30-38(39)40-29-34(16-17-49-40)42(57)50-31-32-9-6-12-36(27-32)45(46,47)48/h5-18,27-30H,2-4,19-26,31H2,1H3,(H,52,59)(H,53,60);6-7,9-12,14-17,27-30H,3-5,8,13,18-26,31H2,1-2H3,(H,50,57)(H,51,58). The first-order valence-corrected chi connectivity index (χ1v) is 41.5. The Kier molecular flexibility index (Phi) is 31.2. The van der Waals surface area contributed by atoms with Gasteiger partial charge >= 0.3 is 18.4 Å². The Hall–Kier alpha value is -13.1. The van der Waals surface area contributed by atoms with E-state index in [1.807, 2.05) is 29.2 Å². The Bertz CT molecular complexity index is 5320. The van der Waals surface area contributed by atoms with E-state index in [2.05, 4.69) is 50.8 Å². The third-order valence-electron chi connectivity index (χ3n) is 22.2. The van der Waals surface area contributed by atoms with Gasteiger partial charge in [-0.1, -0.05) is 36.4 Å². The van der Waals surface area contributed by atoms with Crippen LogP contribution in [0.3, 0.4) is 0 Å². The van der Waals surface area contributed by atoms with E-state index in [9.17, 15) is 74.8 Å². The van der Waals surface area contributed by atoms with Crippen LogP contribution >= 0.6 is 0 Å². The summed E-state index contributed by atoms with van der Waals surface area (Å²) in [6.07, 6.45) is 0.971. The van der Waals surface area contributed by atoms with Gasteiger partial charge in [0.2, 0.25) is 5.91 Å². The number of methoxy groups -OCH3 is 1. The van der Waals surface area contributed by atoms with Crippen molar-refractivity contribution in [2.45, 2.75) is 76.8 Å². The minimum Gasteiger partial charge on any atom is -0.410 e. The molecule has 4 saturated heterocycles. The van der Waals surface area contributed by atoms with Crippen LogP contribution in [0.25, 0.3) is 22.5 Å². The van der Waals surface area contributed by atoms with E-state index in [4.69, 9.17) is 9.47 Å². The first-order valence-electron chi connectivity index (χ1n) is 41.5. The summed E-state index contributed by atoms with van der Waals surface area (Å²) in [5.74, 6) is -2.10. The van der Waals surface area contributed by atoms with Crippen LogP contribution in [-0.2, 0) is 35.0 Å². The number of hydrogen-bond acceptors (Lipinski definition) is 18. The fraction of sp³-hybridized carbons (Fsp3) is 0.348. The van der Waals surface area contributed by atoms with Gasteiger partial charge in [-0.15, -0.1) is 0 Å². The molecule has 125 heavy (non-hydrogen) atoms. The normalized spacial score (nSPS) is 14.5. The maximum Gasteiger partial charge on any atom is 0.416 e. The molecule has 0 saturated carbocycles. The van der Waals surface area contributed by atoms with Crippen molar-refractivity contribution in [1.82, 2.24) is 50.0 Å². The summed E-state index contributed by atoms with van der Waals surface area (Å²) >= 11 is 0. The summed E-state index contributed by atoms with van der Waals surface area (Å²) in [6.45, 7) is 10.4. The number of piperazine rings is 2. The van der Waals surface area contributed by atoms with Crippen LogP contribution in [0.2, 0.25) is 0 Å². The first-order chi connectivity index (χ1) is 60.1. The number of anilines is 4. The monoisotopic (exact) mass is 1720 g/mol. The number of aromatic nitrogens is 2. The molecule has 7 aromatic carbocycles. The van der Waals surface area contributed by atoms with Crippen molar-refractivity contribution in [1.29, 1.82) is 0 Å². The number of nitrogens with zero attached hydrogens (tertiary/aromatic N) is 11. The van der Waals surface area contributed by atoms with Crippen molar-refractivity contribution >= 4 is 75.9 Å². The summed E-state index contributed by atoms with van der Waals surface area (Å²) in [4.78, 5) is 142. The lowest BCUT2D eigenvalue weighted by Gasteiger charge is -2.35. The van der Waals surface area contributed by atoms with Gasteiger partial charge in [-0.2, -0.15) is 26.3 Å².